The van der Waals surface area contributed by atoms with Gasteiger partial charge in [-0.3, -0.25) is 0 Å². The van der Waals surface area contributed by atoms with E-state index in [0.29, 0.717) is 12.0 Å². The van der Waals surface area contributed by atoms with E-state index in [1.54, 1.807) is 7.11 Å². The molecule has 1 atom stereocenters. The van der Waals surface area contributed by atoms with E-state index in [1.165, 1.54) is 0 Å². The molecule has 0 bridgehead atoms. The topological polar surface area (TPSA) is 21.3 Å². The van der Waals surface area contributed by atoms with Gasteiger partial charge in [-0.2, -0.15) is 0 Å². The quantitative estimate of drug-likeness (QED) is 0.827. The van der Waals surface area contributed by atoms with E-state index in [1.807, 2.05) is 24.3 Å². The summed E-state index contributed by atoms with van der Waals surface area (Å²) >= 11 is 6.09. The van der Waals surface area contributed by atoms with Crippen LogP contribution in [0.2, 0.25) is 5.02 Å². The molecular formula is C13H20ClNO. The van der Waals surface area contributed by atoms with Crippen LogP contribution in [0.4, 0.5) is 0 Å². The zero-order chi connectivity index (χ0) is 12.0. The average molecular weight is 242 g/mol. The number of hydrogen-bond donors (Lipinski definition) is 1. The molecule has 0 aliphatic heterocycles. The number of rotatable bonds is 6. The Kier molecular flexibility index (Phi) is 5.81. The van der Waals surface area contributed by atoms with Crippen LogP contribution >= 0.6 is 11.6 Å². The van der Waals surface area contributed by atoms with Crippen molar-refractivity contribution < 1.29 is 4.74 Å². The van der Waals surface area contributed by atoms with Crippen molar-refractivity contribution in [3.05, 3.63) is 34.9 Å². The highest BCUT2D eigenvalue weighted by atomic mass is 35.5. The summed E-state index contributed by atoms with van der Waals surface area (Å²) in [6, 6.07) is 8.27. The number of nitrogens with one attached hydrogen (secondary N) is 1. The molecule has 2 nitrogen and oxygen atoms in total. The third-order valence-corrected chi connectivity index (χ3v) is 3.03. The van der Waals surface area contributed by atoms with Crippen LogP contribution < -0.4 is 5.32 Å². The summed E-state index contributed by atoms with van der Waals surface area (Å²) in [4.78, 5) is 0. The van der Waals surface area contributed by atoms with Gasteiger partial charge in [0, 0.05) is 24.7 Å². The number of hydrogen-bond acceptors (Lipinski definition) is 2. The molecule has 0 saturated carbocycles. The van der Waals surface area contributed by atoms with Crippen molar-refractivity contribution in [1.29, 1.82) is 0 Å². The normalized spacial score (nSPS) is 13.1. The minimum Gasteiger partial charge on any atom is -0.383 e. The molecule has 0 radical (unpaired) electrons. The van der Waals surface area contributed by atoms with Crippen molar-refractivity contribution in [3.8, 4) is 0 Å². The summed E-state index contributed by atoms with van der Waals surface area (Å²) in [5, 5.41) is 4.28. The molecule has 0 amide bonds. The highest BCUT2D eigenvalue weighted by Crippen LogP contribution is 2.15. The first-order valence-electron chi connectivity index (χ1n) is 5.61. The first-order valence-corrected chi connectivity index (χ1v) is 5.98. The second-order valence-corrected chi connectivity index (χ2v) is 4.69. The molecule has 0 aliphatic rings. The highest BCUT2D eigenvalue weighted by molar-refractivity contribution is 6.31. The molecule has 1 aromatic carbocycles. The van der Waals surface area contributed by atoms with E-state index in [9.17, 15) is 0 Å². The predicted molar refractivity (Wildman–Crippen MR) is 68.8 cm³/mol. The monoisotopic (exact) mass is 241 g/mol. The smallest absolute Gasteiger partial charge is 0.0618 e. The van der Waals surface area contributed by atoms with E-state index in [0.717, 1.165) is 23.7 Å². The van der Waals surface area contributed by atoms with Crippen LogP contribution in [0.5, 0.6) is 0 Å². The van der Waals surface area contributed by atoms with Crippen LogP contribution in [0.3, 0.4) is 0 Å². The zero-order valence-electron chi connectivity index (χ0n) is 10.2. The first-order chi connectivity index (χ1) is 7.65. The molecule has 1 unspecified atom stereocenters. The lowest BCUT2D eigenvalue weighted by Crippen LogP contribution is -2.37. The second kappa shape index (κ2) is 6.89. The van der Waals surface area contributed by atoms with Gasteiger partial charge in [-0.25, -0.2) is 0 Å². The third kappa shape index (κ3) is 4.12. The first kappa shape index (κ1) is 13.5. The molecule has 0 aliphatic carbocycles. The Labute approximate surface area is 103 Å². The number of benzene rings is 1. The Morgan fingerprint density at radius 2 is 2.00 bits per heavy atom. The van der Waals surface area contributed by atoms with Crippen molar-refractivity contribution in [3.63, 3.8) is 0 Å². The molecule has 0 spiro atoms. The van der Waals surface area contributed by atoms with Crippen molar-refractivity contribution >= 4 is 11.6 Å². The Bertz CT molecular complexity index is 315. The zero-order valence-corrected chi connectivity index (χ0v) is 10.9. The fourth-order valence-electron chi connectivity index (χ4n) is 1.55. The number of ether oxygens (including phenoxy) is 1. The van der Waals surface area contributed by atoms with E-state index < -0.39 is 0 Å². The van der Waals surface area contributed by atoms with Crippen molar-refractivity contribution in [2.45, 2.75) is 26.4 Å². The van der Waals surface area contributed by atoms with Crippen LogP contribution in [-0.4, -0.2) is 19.8 Å². The molecule has 1 rings (SSSR count). The van der Waals surface area contributed by atoms with Gasteiger partial charge in [0.25, 0.3) is 0 Å². The summed E-state index contributed by atoms with van der Waals surface area (Å²) in [5.41, 5.74) is 1.13. The molecule has 16 heavy (non-hydrogen) atoms. The molecule has 0 saturated heterocycles. The van der Waals surface area contributed by atoms with Crippen molar-refractivity contribution in [1.82, 2.24) is 5.32 Å². The van der Waals surface area contributed by atoms with Crippen LogP contribution in [-0.2, 0) is 11.3 Å². The molecule has 1 N–H and O–H groups in total. The maximum atomic E-state index is 6.09. The minimum atomic E-state index is 0.362. The lowest BCUT2D eigenvalue weighted by atomic mass is 10.0. The van der Waals surface area contributed by atoms with Gasteiger partial charge in [0.15, 0.2) is 0 Å². The number of halogens is 1. The summed E-state index contributed by atoms with van der Waals surface area (Å²) in [5.74, 6) is 0.544. The molecule has 0 heterocycles. The molecule has 0 fully saturated rings. The molecule has 90 valence electrons. The van der Waals surface area contributed by atoms with Crippen LogP contribution in [0.25, 0.3) is 0 Å². The SMILES string of the molecule is COCC(NCc1ccccc1Cl)C(C)C. The molecule has 1 aromatic rings. The predicted octanol–water partition coefficient (Wildman–Crippen LogP) is 3.10. The van der Waals surface area contributed by atoms with Gasteiger partial charge in [-0.1, -0.05) is 43.6 Å². The van der Waals surface area contributed by atoms with Crippen LogP contribution in [0.15, 0.2) is 24.3 Å². The van der Waals surface area contributed by atoms with Gasteiger partial charge < -0.3 is 10.1 Å². The maximum Gasteiger partial charge on any atom is 0.0618 e. The van der Waals surface area contributed by atoms with E-state index in [4.69, 9.17) is 16.3 Å². The maximum absolute atomic E-state index is 6.09. The largest absolute Gasteiger partial charge is 0.383 e. The Morgan fingerprint density at radius 1 is 1.31 bits per heavy atom. The Hall–Kier alpha value is -0.570. The summed E-state index contributed by atoms with van der Waals surface area (Å²) in [6.07, 6.45) is 0. The van der Waals surface area contributed by atoms with E-state index in [-0.39, 0.29) is 0 Å². The molecule has 3 heteroatoms. The summed E-state index contributed by atoms with van der Waals surface area (Å²) in [7, 11) is 1.73. The van der Waals surface area contributed by atoms with Gasteiger partial charge in [0.05, 0.1) is 6.61 Å². The van der Waals surface area contributed by atoms with Crippen LogP contribution in [0, 0.1) is 5.92 Å². The lowest BCUT2D eigenvalue weighted by Gasteiger charge is -2.21. The number of methoxy groups -OCH3 is 1. The van der Waals surface area contributed by atoms with Gasteiger partial charge in [-0.05, 0) is 17.5 Å². The summed E-state index contributed by atoms with van der Waals surface area (Å²) in [6.45, 7) is 5.88. The average Bonchev–Trinajstić information content (AvgIpc) is 2.26. The Morgan fingerprint density at radius 3 is 2.56 bits per heavy atom. The fourth-order valence-corrected chi connectivity index (χ4v) is 1.75. The van der Waals surface area contributed by atoms with Crippen molar-refractivity contribution in [2.75, 3.05) is 13.7 Å². The minimum absolute atomic E-state index is 0.362. The van der Waals surface area contributed by atoms with Gasteiger partial charge >= 0.3 is 0 Å². The molecule has 0 aromatic heterocycles. The summed E-state index contributed by atoms with van der Waals surface area (Å²) < 4.78 is 5.19. The van der Waals surface area contributed by atoms with E-state index >= 15 is 0 Å². The van der Waals surface area contributed by atoms with Gasteiger partial charge in [0.1, 0.15) is 0 Å². The van der Waals surface area contributed by atoms with Crippen molar-refractivity contribution in [2.24, 2.45) is 5.92 Å². The highest BCUT2D eigenvalue weighted by Gasteiger charge is 2.12. The van der Waals surface area contributed by atoms with Gasteiger partial charge in [0.2, 0.25) is 0 Å². The van der Waals surface area contributed by atoms with Crippen LogP contribution in [0.1, 0.15) is 19.4 Å². The third-order valence-electron chi connectivity index (χ3n) is 2.66. The van der Waals surface area contributed by atoms with E-state index in [2.05, 4.69) is 19.2 Å². The lowest BCUT2D eigenvalue weighted by molar-refractivity contribution is 0.146. The fraction of sp³-hybridized carbons (Fsp3) is 0.538. The Balaban J connectivity index is 2.52. The standard InChI is InChI=1S/C13H20ClNO/c1-10(2)13(9-16-3)15-8-11-6-4-5-7-12(11)14/h4-7,10,13,15H,8-9H2,1-3H3. The second-order valence-electron chi connectivity index (χ2n) is 4.28. The molecular weight excluding hydrogens is 222 g/mol. The van der Waals surface area contributed by atoms with Gasteiger partial charge in [-0.15, -0.1) is 0 Å².